The van der Waals surface area contributed by atoms with Crippen LogP contribution in [0, 0.1) is 0 Å². The summed E-state index contributed by atoms with van der Waals surface area (Å²) in [5.41, 5.74) is 0. The Bertz CT molecular complexity index is 145. The molecule has 0 radical (unpaired) electrons. The van der Waals surface area contributed by atoms with Crippen molar-refractivity contribution in [3.05, 3.63) is 0 Å². The molecule has 0 amide bonds. The van der Waals surface area contributed by atoms with Crippen molar-refractivity contribution >= 4 is 5.78 Å². The van der Waals surface area contributed by atoms with Gasteiger partial charge in [0.1, 0.15) is 5.78 Å². The standard InChI is InChI=1S/C11H22O3/c1-2-3-4-5-6-7-10(13)8-11(14)9-12/h11-12,14H,2-9H2,1H3. The minimum absolute atomic E-state index is 0.0584. The second-order valence-electron chi connectivity index (χ2n) is 3.74. The predicted octanol–water partition coefficient (Wildman–Crippen LogP) is 1.66. The van der Waals surface area contributed by atoms with Gasteiger partial charge in [-0.15, -0.1) is 0 Å². The van der Waals surface area contributed by atoms with Gasteiger partial charge in [0.05, 0.1) is 12.7 Å². The average Bonchev–Trinajstić information content (AvgIpc) is 2.17. The maximum Gasteiger partial charge on any atom is 0.135 e. The lowest BCUT2D eigenvalue weighted by Crippen LogP contribution is -2.17. The minimum atomic E-state index is -0.863. The Hall–Kier alpha value is -0.410. The van der Waals surface area contributed by atoms with E-state index in [1.54, 1.807) is 0 Å². The highest BCUT2D eigenvalue weighted by Gasteiger charge is 2.08. The molecule has 0 fully saturated rings. The maximum absolute atomic E-state index is 11.2. The molecule has 1 atom stereocenters. The topological polar surface area (TPSA) is 57.5 Å². The molecule has 1 unspecified atom stereocenters. The van der Waals surface area contributed by atoms with Crippen molar-refractivity contribution in [3.63, 3.8) is 0 Å². The van der Waals surface area contributed by atoms with Crippen molar-refractivity contribution in [3.8, 4) is 0 Å². The normalized spacial score (nSPS) is 12.8. The minimum Gasteiger partial charge on any atom is -0.394 e. The summed E-state index contributed by atoms with van der Waals surface area (Å²) in [6.07, 6.45) is 5.41. The maximum atomic E-state index is 11.2. The van der Waals surface area contributed by atoms with Crippen LogP contribution in [0.25, 0.3) is 0 Å². The molecule has 0 heterocycles. The van der Waals surface area contributed by atoms with E-state index in [0.717, 1.165) is 12.8 Å². The first kappa shape index (κ1) is 13.6. The molecule has 0 aliphatic carbocycles. The van der Waals surface area contributed by atoms with Crippen LogP contribution in [-0.2, 0) is 4.79 Å². The van der Waals surface area contributed by atoms with E-state index in [2.05, 4.69) is 6.92 Å². The predicted molar refractivity (Wildman–Crippen MR) is 56.1 cm³/mol. The van der Waals surface area contributed by atoms with E-state index < -0.39 is 6.10 Å². The molecule has 14 heavy (non-hydrogen) atoms. The molecule has 2 N–H and O–H groups in total. The molecule has 84 valence electrons. The number of aliphatic hydroxyl groups excluding tert-OH is 2. The lowest BCUT2D eigenvalue weighted by Gasteiger charge is -2.05. The van der Waals surface area contributed by atoms with Gasteiger partial charge in [-0.25, -0.2) is 0 Å². The number of carbonyl (C=O) groups excluding carboxylic acids is 1. The Morgan fingerprint density at radius 3 is 2.43 bits per heavy atom. The Balaban J connectivity index is 3.27. The van der Waals surface area contributed by atoms with Crippen molar-refractivity contribution in [2.45, 2.75) is 58.0 Å². The fourth-order valence-corrected chi connectivity index (χ4v) is 1.36. The van der Waals surface area contributed by atoms with Crippen LogP contribution in [0.1, 0.15) is 51.9 Å². The van der Waals surface area contributed by atoms with E-state index in [9.17, 15) is 4.79 Å². The molecule has 0 aliphatic rings. The third-order valence-corrected chi connectivity index (χ3v) is 2.23. The molecule has 3 nitrogen and oxygen atoms in total. The van der Waals surface area contributed by atoms with Crippen molar-refractivity contribution in [1.29, 1.82) is 0 Å². The molecular formula is C11H22O3. The molecule has 0 aliphatic heterocycles. The largest absolute Gasteiger partial charge is 0.394 e. The zero-order valence-corrected chi connectivity index (χ0v) is 9.04. The quantitative estimate of drug-likeness (QED) is 0.559. The Morgan fingerprint density at radius 2 is 1.86 bits per heavy atom. The number of hydrogen-bond acceptors (Lipinski definition) is 3. The molecule has 0 aromatic heterocycles. The summed E-state index contributed by atoms with van der Waals surface area (Å²) in [6, 6.07) is 0. The van der Waals surface area contributed by atoms with Gasteiger partial charge in [-0.2, -0.15) is 0 Å². The summed E-state index contributed by atoms with van der Waals surface area (Å²) in [4.78, 5) is 11.2. The Kier molecular flexibility index (Phi) is 8.89. The van der Waals surface area contributed by atoms with Crippen LogP contribution in [0.2, 0.25) is 0 Å². The van der Waals surface area contributed by atoms with Crippen molar-refractivity contribution in [2.75, 3.05) is 6.61 Å². The van der Waals surface area contributed by atoms with E-state index in [1.807, 2.05) is 0 Å². The van der Waals surface area contributed by atoms with Crippen LogP contribution in [0.3, 0.4) is 0 Å². The number of Topliss-reactive ketones (excluding diaryl/α,β-unsaturated/α-hetero) is 1. The highest BCUT2D eigenvalue weighted by molar-refractivity contribution is 5.78. The number of rotatable bonds is 9. The second-order valence-corrected chi connectivity index (χ2v) is 3.74. The van der Waals surface area contributed by atoms with Gasteiger partial charge in [0.25, 0.3) is 0 Å². The summed E-state index contributed by atoms with van der Waals surface area (Å²) < 4.78 is 0. The van der Waals surface area contributed by atoms with Crippen LogP contribution in [-0.4, -0.2) is 28.7 Å². The summed E-state index contributed by atoms with van der Waals surface area (Å²) in [7, 11) is 0. The van der Waals surface area contributed by atoms with E-state index in [-0.39, 0.29) is 18.8 Å². The molecular weight excluding hydrogens is 180 g/mol. The van der Waals surface area contributed by atoms with Crippen LogP contribution < -0.4 is 0 Å². The second kappa shape index (κ2) is 9.16. The monoisotopic (exact) mass is 202 g/mol. The van der Waals surface area contributed by atoms with Gasteiger partial charge < -0.3 is 10.2 Å². The van der Waals surface area contributed by atoms with Gasteiger partial charge in [0.2, 0.25) is 0 Å². The zero-order valence-electron chi connectivity index (χ0n) is 9.04. The number of ketones is 1. The molecule has 0 bridgehead atoms. The Morgan fingerprint density at radius 1 is 1.21 bits per heavy atom. The number of carbonyl (C=O) groups is 1. The average molecular weight is 202 g/mol. The van der Waals surface area contributed by atoms with Gasteiger partial charge >= 0.3 is 0 Å². The highest BCUT2D eigenvalue weighted by atomic mass is 16.3. The molecule has 0 saturated carbocycles. The van der Waals surface area contributed by atoms with Gasteiger partial charge in [-0.05, 0) is 6.42 Å². The van der Waals surface area contributed by atoms with Gasteiger partial charge in [-0.1, -0.05) is 32.6 Å². The summed E-state index contributed by atoms with van der Waals surface area (Å²) in [5, 5.41) is 17.5. The van der Waals surface area contributed by atoms with E-state index >= 15 is 0 Å². The van der Waals surface area contributed by atoms with Gasteiger partial charge in [0.15, 0.2) is 0 Å². The summed E-state index contributed by atoms with van der Waals surface area (Å²) in [5.74, 6) is 0.0584. The number of unbranched alkanes of at least 4 members (excludes halogenated alkanes) is 4. The molecule has 0 aromatic carbocycles. The van der Waals surface area contributed by atoms with Crippen LogP contribution in [0.15, 0.2) is 0 Å². The SMILES string of the molecule is CCCCCCCC(=O)CC(O)CO. The van der Waals surface area contributed by atoms with Crippen molar-refractivity contribution in [1.82, 2.24) is 0 Å². The smallest absolute Gasteiger partial charge is 0.135 e. The molecule has 0 spiro atoms. The molecule has 0 rings (SSSR count). The molecule has 0 aromatic rings. The first-order chi connectivity index (χ1) is 6.70. The first-order valence-electron chi connectivity index (χ1n) is 5.51. The number of hydrogen-bond donors (Lipinski definition) is 2. The highest BCUT2D eigenvalue weighted by Crippen LogP contribution is 2.07. The number of aliphatic hydroxyl groups is 2. The van der Waals surface area contributed by atoms with E-state index in [4.69, 9.17) is 10.2 Å². The van der Waals surface area contributed by atoms with E-state index in [1.165, 1.54) is 19.3 Å². The summed E-state index contributed by atoms with van der Waals surface area (Å²) >= 11 is 0. The zero-order chi connectivity index (χ0) is 10.8. The lowest BCUT2D eigenvalue weighted by atomic mass is 10.1. The van der Waals surface area contributed by atoms with Crippen molar-refractivity contribution < 1.29 is 15.0 Å². The third kappa shape index (κ3) is 8.20. The van der Waals surface area contributed by atoms with Crippen LogP contribution in [0.4, 0.5) is 0 Å². The summed E-state index contributed by atoms with van der Waals surface area (Å²) in [6.45, 7) is 1.84. The van der Waals surface area contributed by atoms with Crippen molar-refractivity contribution in [2.24, 2.45) is 0 Å². The van der Waals surface area contributed by atoms with E-state index in [0.29, 0.717) is 6.42 Å². The first-order valence-corrected chi connectivity index (χ1v) is 5.51. The van der Waals surface area contributed by atoms with Gasteiger partial charge in [-0.3, -0.25) is 4.79 Å². The van der Waals surface area contributed by atoms with Gasteiger partial charge in [0, 0.05) is 12.8 Å². The fourth-order valence-electron chi connectivity index (χ4n) is 1.36. The fraction of sp³-hybridized carbons (Fsp3) is 0.909. The van der Waals surface area contributed by atoms with Crippen LogP contribution >= 0.6 is 0 Å². The molecule has 0 saturated heterocycles. The Labute approximate surface area is 86.1 Å². The third-order valence-electron chi connectivity index (χ3n) is 2.23. The molecule has 3 heteroatoms. The lowest BCUT2D eigenvalue weighted by molar-refractivity contribution is -0.121. The van der Waals surface area contributed by atoms with Crippen LogP contribution in [0.5, 0.6) is 0 Å².